The van der Waals surface area contributed by atoms with Gasteiger partial charge in [-0.2, -0.15) is 10.2 Å². The summed E-state index contributed by atoms with van der Waals surface area (Å²) >= 11 is 0. The number of aromatic amines is 1. The molecule has 240 valence electrons. The summed E-state index contributed by atoms with van der Waals surface area (Å²) in [6.45, 7) is 6.49. The molecule has 47 heavy (non-hydrogen) atoms. The van der Waals surface area contributed by atoms with Gasteiger partial charge < -0.3 is 4.98 Å². The zero-order valence-electron chi connectivity index (χ0n) is 26.7. The summed E-state index contributed by atoms with van der Waals surface area (Å²) in [7, 11) is 0. The van der Waals surface area contributed by atoms with Crippen LogP contribution in [0.5, 0.6) is 0 Å². The molecule has 2 aliphatic rings. The van der Waals surface area contributed by atoms with Crippen molar-refractivity contribution in [1.82, 2.24) is 39.3 Å². The van der Waals surface area contributed by atoms with Crippen molar-refractivity contribution in [2.45, 2.75) is 51.9 Å². The highest BCUT2D eigenvalue weighted by Crippen LogP contribution is 2.31. The van der Waals surface area contributed by atoms with E-state index in [1.807, 2.05) is 46.4 Å². The normalized spacial score (nSPS) is 16.4. The standard InChI is InChI=1S/C38H41FN8/c39-35-7-3-6-31(17-35)24-46-26-34(21-42-46)37-22-41-38-36(37)18-32(19-40-38)33-20-43-47(25-33)27-45-14-12-44(13-15-45)23-30-10-8-29(9-11-30)16-28-4-1-2-5-28/h3,6-11,17-22,25-26,28H,1-2,4-5,12-16,23-24,27H2,(H,40,41). The van der Waals surface area contributed by atoms with Crippen LogP contribution in [-0.2, 0) is 26.2 Å². The molecule has 0 bridgehead atoms. The quantitative estimate of drug-likeness (QED) is 0.177. The van der Waals surface area contributed by atoms with Crippen LogP contribution >= 0.6 is 0 Å². The summed E-state index contributed by atoms with van der Waals surface area (Å²) in [5.74, 6) is 0.660. The third-order valence-electron chi connectivity index (χ3n) is 9.91. The minimum absolute atomic E-state index is 0.239. The molecule has 8 nitrogen and oxygen atoms in total. The molecule has 1 saturated carbocycles. The lowest BCUT2D eigenvalue weighted by Gasteiger charge is -2.34. The third kappa shape index (κ3) is 6.92. The summed E-state index contributed by atoms with van der Waals surface area (Å²) in [5.41, 5.74) is 8.70. The van der Waals surface area contributed by atoms with Gasteiger partial charge in [0.15, 0.2) is 0 Å². The van der Waals surface area contributed by atoms with Crippen LogP contribution in [0.1, 0.15) is 42.4 Å². The van der Waals surface area contributed by atoms with Gasteiger partial charge in [0.25, 0.3) is 0 Å². The van der Waals surface area contributed by atoms with Crippen molar-refractivity contribution in [3.05, 3.63) is 114 Å². The Morgan fingerprint density at radius 1 is 0.723 bits per heavy atom. The van der Waals surface area contributed by atoms with Crippen LogP contribution in [0.4, 0.5) is 4.39 Å². The third-order valence-corrected chi connectivity index (χ3v) is 9.91. The van der Waals surface area contributed by atoms with Gasteiger partial charge in [-0.05, 0) is 47.2 Å². The average Bonchev–Trinajstić information content (AvgIpc) is 3.91. The number of pyridine rings is 1. The Hall–Kier alpha value is -4.60. The van der Waals surface area contributed by atoms with E-state index in [4.69, 9.17) is 10.1 Å². The minimum Gasteiger partial charge on any atom is -0.346 e. The first-order valence-corrected chi connectivity index (χ1v) is 16.9. The molecule has 5 heterocycles. The molecular weight excluding hydrogens is 587 g/mol. The molecule has 0 unspecified atom stereocenters. The van der Waals surface area contributed by atoms with Crippen molar-refractivity contribution in [2.75, 3.05) is 26.2 Å². The number of benzene rings is 2. The van der Waals surface area contributed by atoms with E-state index in [0.717, 1.165) is 84.2 Å². The fourth-order valence-electron chi connectivity index (χ4n) is 7.28. The number of H-pyrrole nitrogens is 1. The molecule has 2 fully saturated rings. The van der Waals surface area contributed by atoms with Crippen molar-refractivity contribution < 1.29 is 4.39 Å². The highest BCUT2D eigenvalue weighted by atomic mass is 19.1. The molecule has 0 atom stereocenters. The largest absolute Gasteiger partial charge is 0.346 e. The summed E-state index contributed by atoms with van der Waals surface area (Å²) in [6.07, 6.45) is 18.6. The van der Waals surface area contributed by atoms with E-state index in [1.54, 1.807) is 12.1 Å². The summed E-state index contributed by atoms with van der Waals surface area (Å²) in [5, 5.41) is 10.3. The lowest BCUT2D eigenvalue weighted by Crippen LogP contribution is -2.46. The average molecular weight is 629 g/mol. The number of aromatic nitrogens is 6. The number of hydrogen-bond donors (Lipinski definition) is 1. The molecule has 4 aromatic heterocycles. The van der Waals surface area contributed by atoms with Gasteiger partial charge in [-0.25, -0.2) is 9.37 Å². The molecular formula is C38H41FN8. The van der Waals surface area contributed by atoms with Crippen molar-refractivity contribution in [1.29, 1.82) is 0 Å². The second-order valence-electron chi connectivity index (χ2n) is 13.4. The van der Waals surface area contributed by atoms with Crippen LogP contribution in [0.2, 0.25) is 0 Å². The first-order chi connectivity index (χ1) is 23.1. The molecule has 0 amide bonds. The first-order valence-electron chi connectivity index (χ1n) is 16.9. The van der Waals surface area contributed by atoms with Crippen LogP contribution in [0.3, 0.4) is 0 Å². The minimum atomic E-state index is -0.239. The van der Waals surface area contributed by atoms with Gasteiger partial charge >= 0.3 is 0 Å². The maximum atomic E-state index is 13.7. The predicted octanol–water partition coefficient (Wildman–Crippen LogP) is 6.99. The van der Waals surface area contributed by atoms with Crippen molar-refractivity contribution in [3.63, 3.8) is 0 Å². The Labute approximate surface area is 274 Å². The van der Waals surface area contributed by atoms with Crippen molar-refractivity contribution in [3.8, 4) is 22.3 Å². The number of hydrogen-bond acceptors (Lipinski definition) is 5. The fraction of sp³-hybridized carbons (Fsp3) is 0.342. The van der Waals surface area contributed by atoms with Gasteiger partial charge in [0.05, 0.1) is 25.6 Å². The zero-order chi connectivity index (χ0) is 31.6. The lowest BCUT2D eigenvalue weighted by atomic mass is 9.97. The Balaban J connectivity index is 0.871. The van der Waals surface area contributed by atoms with Gasteiger partial charge in [-0.15, -0.1) is 0 Å². The Kier molecular flexibility index (Phi) is 8.40. The molecule has 0 spiro atoms. The SMILES string of the molecule is Fc1cccc(Cn2cc(-c3c[nH]c4ncc(-c5cnn(CN6CCN(Cc7ccc(CC8CCCC8)cc7)CC6)c5)cc34)cn2)c1. The second kappa shape index (κ2) is 13.3. The van der Waals surface area contributed by atoms with Gasteiger partial charge in [-0.3, -0.25) is 19.2 Å². The Morgan fingerprint density at radius 3 is 2.30 bits per heavy atom. The van der Waals surface area contributed by atoms with Crippen LogP contribution in [0, 0.1) is 11.7 Å². The van der Waals surface area contributed by atoms with E-state index in [2.05, 4.69) is 56.4 Å². The van der Waals surface area contributed by atoms with E-state index in [9.17, 15) is 4.39 Å². The number of fused-ring (bicyclic) bond motifs is 1. The molecule has 1 aliphatic heterocycles. The van der Waals surface area contributed by atoms with Crippen LogP contribution in [-0.4, -0.2) is 65.5 Å². The molecule has 9 heteroatoms. The Morgan fingerprint density at radius 2 is 1.47 bits per heavy atom. The molecule has 0 radical (unpaired) electrons. The van der Waals surface area contributed by atoms with Crippen LogP contribution < -0.4 is 0 Å². The summed E-state index contributed by atoms with van der Waals surface area (Å²) in [6, 6.07) is 18.2. The number of halogens is 1. The summed E-state index contributed by atoms with van der Waals surface area (Å²) in [4.78, 5) is 13.0. The maximum Gasteiger partial charge on any atom is 0.137 e. The smallest absolute Gasteiger partial charge is 0.137 e. The molecule has 2 aromatic carbocycles. The maximum absolute atomic E-state index is 13.7. The van der Waals surface area contributed by atoms with Crippen LogP contribution in [0.25, 0.3) is 33.3 Å². The van der Waals surface area contributed by atoms with Gasteiger partial charge in [0, 0.05) is 85.2 Å². The second-order valence-corrected chi connectivity index (χ2v) is 13.4. The number of nitrogens with zero attached hydrogens (tertiary/aromatic N) is 7. The fourth-order valence-corrected chi connectivity index (χ4v) is 7.28. The van der Waals surface area contributed by atoms with Crippen molar-refractivity contribution in [2.24, 2.45) is 5.92 Å². The molecule has 1 N–H and O–H groups in total. The monoisotopic (exact) mass is 628 g/mol. The lowest BCUT2D eigenvalue weighted by molar-refractivity contribution is 0.0988. The summed E-state index contributed by atoms with van der Waals surface area (Å²) < 4.78 is 17.5. The molecule has 1 aliphatic carbocycles. The van der Waals surface area contributed by atoms with Crippen molar-refractivity contribution >= 4 is 11.0 Å². The number of piperazine rings is 1. The van der Waals surface area contributed by atoms with E-state index >= 15 is 0 Å². The predicted molar refractivity (Wildman–Crippen MR) is 183 cm³/mol. The topological polar surface area (TPSA) is 70.8 Å². The van der Waals surface area contributed by atoms with Gasteiger partial charge in [-0.1, -0.05) is 62.1 Å². The molecule has 8 rings (SSSR count). The zero-order valence-corrected chi connectivity index (χ0v) is 26.7. The van der Waals surface area contributed by atoms with E-state index in [1.165, 1.54) is 49.3 Å². The van der Waals surface area contributed by atoms with Gasteiger partial charge in [0.2, 0.25) is 0 Å². The van der Waals surface area contributed by atoms with Crippen LogP contribution in [0.15, 0.2) is 91.8 Å². The molecule has 6 aromatic rings. The first kappa shape index (κ1) is 29.8. The Bertz CT molecular complexity index is 1940. The van der Waals surface area contributed by atoms with E-state index < -0.39 is 0 Å². The highest BCUT2D eigenvalue weighted by Gasteiger charge is 2.19. The van der Waals surface area contributed by atoms with E-state index in [0.29, 0.717) is 6.54 Å². The van der Waals surface area contributed by atoms with Gasteiger partial charge in [0.1, 0.15) is 11.5 Å². The molecule has 1 saturated heterocycles. The number of nitrogens with one attached hydrogen (secondary N) is 1. The highest BCUT2D eigenvalue weighted by molar-refractivity contribution is 5.95. The number of rotatable bonds is 10. The van der Waals surface area contributed by atoms with E-state index in [-0.39, 0.29) is 5.82 Å².